The van der Waals surface area contributed by atoms with E-state index < -0.39 is 0 Å². The van der Waals surface area contributed by atoms with Gasteiger partial charge in [-0.05, 0) is 41.3 Å². The number of hydrogen-bond acceptors (Lipinski definition) is 6. The van der Waals surface area contributed by atoms with Gasteiger partial charge >= 0.3 is 5.97 Å². The molecule has 25 heavy (non-hydrogen) atoms. The number of fused-ring (bicyclic) bond motifs is 4. The highest BCUT2D eigenvalue weighted by Gasteiger charge is 2.34. The highest BCUT2D eigenvalue weighted by Crippen LogP contribution is 2.43. The average molecular weight is 359 g/mol. The van der Waals surface area contributed by atoms with Crippen LogP contribution in [0.4, 0.5) is 0 Å². The minimum Gasteiger partial charge on any atom is -0.504 e. The molecule has 6 heteroatoms. The first kappa shape index (κ1) is 16.4. The number of carbonyl (C=O) groups is 1. The van der Waals surface area contributed by atoms with Gasteiger partial charge in [0.15, 0.2) is 11.5 Å². The predicted molar refractivity (Wildman–Crippen MR) is 95.3 cm³/mol. The summed E-state index contributed by atoms with van der Waals surface area (Å²) >= 11 is 1.71. The van der Waals surface area contributed by atoms with Gasteiger partial charge in [0, 0.05) is 35.3 Å². The van der Waals surface area contributed by atoms with Gasteiger partial charge in [0.05, 0.1) is 20.6 Å². The summed E-state index contributed by atoms with van der Waals surface area (Å²) in [5.74, 6) is 0.547. The smallest absolute Gasteiger partial charge is 0.310 e. The van der Waals surface area contributed by atoms with Gasteiger partial charge in [0.25, 0.3) is 0 Å². The number of phenolic OH excluding ortho intramolecular Hbond substituents is 1. The maximum absolute atomic E-state index is 11.5. The zero-order chi connectivity index (χ0) is 17.6. The number of thiophene rings is 1. The number of hydrogen-bond donors (Lipinski definition) is 1. The van der Waals surface area contributed by atoms with E-state index in [1.54, 1.807) is 18.4 Å². The third-order valence-electron chi connectivity index (χ3n) is 5.15. The molecule has 2 aromatic rings. The second-order valence-electron chi connectivity index (χ2n) is 6.58. The number of carbonyl (C=O) groups excluding carboxylic acids is 1. The Kier molecular flexibility index (Phi) is 4.17. The maximum atomic E-state index is 11.5. The fourth-order valence-electron chi connectivity index (χ4n) is 3.89. The van der Waals surface area contributed by atoms with Crippen LogP contribution < -0.4 is 4.74 Å². The van der Waals surface area contributed by atoms with Crippen molar-refractivity contribution in [3.05, 3.63) is 44.6 Å². The van der Waals surface area contributed by atoms with Gasteiger partial charge in [-0.1, -0.05) is 0 Å². The van der Waals surface area contributed by atoms with Crippen LogP contribution in [0.3, 0.4) is 0 Å². The Morgan fingerprint density at radius 2 is 2.16 bits per heavy atom. The molecule has 1 N–H and O–H groups in total. The van der Waals surface area contributed by atoms with Crippen molar-refractivity contribution < 1.29 is 19.4 Å². The Morgan fingerprint density at radius 3 is 2.92 bits per heavy atom. The molecule has 0 unspecified atom stereocenters. The van der Waals surface area contributed by atoms with Crippen molar-refractivity contribution in [3.63, 3.8) is 0 Å². The number of rotatable bonds is 3. The predicted octanol–water partition coefficient (Wildman–Crippen LogP) is 2.83. The summed E-state index contributed by atoms with van der Waals surface area (Å²) < 4.78 is 10.0. The van der Waals surface area contributed by atoms with E-state index >= 15 is 0 Å². The molecule has 2 aliphatic rings. The zero-order valence-electron chi connectivity index (χ0n) is 14.4. The Morgan fingerprint density at radius 1 is 1.32 bits per heavy atom. The van der Waals surface area contributed by atoms with Gasteiger partial charge in [0.1, 0.15) is 0 Å². The summed E-state index contributed by atoms with van der Waals surface area (Å²) in [6, 6.07) is 6.25. The summed E-state index contributed by atoms with van der Waals surface area (Å²) in [5.41, 5.74) is 3.77. The summed E-state index contributed by atoms with van der Waals surface area (Å²) in [4.78, 5) is 16.4. The summed E-state index contributed by atoms with van der Waals surface area (Å²) in [5, 5.41) is 10.2. The molecule has 3 heterocycles. The molecule has 1 aromatic carbocycles. The van der Waals surface area contributed by atoms with Crippen molar-refractivity contribution in [2.45, 2.75) is 31.8 Å². The van der Waals surface area contributed by atoms with Gasteiger partial charge in [-0.25, -0.2) is 0 Å². The lowest BCUT2D eigenvalue weighted by atomic mass is 9.86. The van der Waals surface area contributed by atoms with E-state index in [0.717, 1.165) is 30.8 Å². The number of benzene rings is 1. The largest absolute Gasteiger partial charge is 0.504 e. The molecule has 1 atom stereocenters. The minimum absolute atomic E-state index is 0.196. The van der Waals surface area contributed by atoms with Crippen molar-refractivity contribution in [3.8, 4) is 11.5 Å². The highest BCUT2D eigenvalue weighted by atomic mass is 32.1. The topological polar surface area (TPSA) is 59.0 Å². The standard InChI is InChI=1S/C19H21NO4S/c1-23-17-6-11-3-4-20-10-12-5-13(7-19(22)24-2)25-18(12)9-15(20)14(11)8-16(17)21/h5-6,8,15,21H,3-4,7,9-10H2,1-2H3/t15-/m0/s1. The van der Waals surface area contributed by atoms with Crippen molar-refractivity contribution in [1.82, 2.24) is 4.90 Å². The zero-order valence-corrected chi connectivity index (χ0v) is 15.2. The first-order chi connectivity index (χ1) is 12.1. The fraction of sp³-hybridized carbons (Fsp3) is 0.421. The number of ether oxygens (including phenoxy) is 2. The van der Waals surface area contributed by atoms with Gasteiger partial charge in [0.2, 0.25) is 0 Å². The number of nitrogens with zero attached hydrogens (tertiary/aromatic N) is 1. The number of esters is 1. The maximum Gasteiger partial charge on any atom is 0.310 e. The molecule has 0 radical (unpaired) electrons. The van der Waals surface area contributed by atoms with E-state index in [2.05, 4.69) is 11.0 Å². The van der Waals surface area contributed by atoms with Crippen LogP contribution in [-0.2, 0) is 35.3 Å². The van der Waals surface area contributed by atoms with Crippen molar-refractivity contribution in [2.75, 3.05) is 20.8 Å². The molecule has 0 amide bonds. The van der Waals surface area contributed by atoms with E-state index in [0.29, 0.717) is 12.2 Å². The molecule has 1 aromatic heterocycles. The SMILES string of the molecule is COC(=O)Cc1cc2c(s1)C[C@H]1c3cc(O)c(OC)cc3CCN1C2. The monoisotopic (exact) mass is 359 g/mol. The van der Waals surface area contributed by atoms with Gasteiger partial charge < -0.3 is 14.6 Å². The van der Waals surface area contributed by atoms with Crippen LogP contribution in [-0.4, -0.2) is 36.7 Å². The van der Waals surface area contributed by atoms with Crippen molar-refractivity contribution >= 4 is 17.3 Å². The molecule has 0 saturated heterocycles. The second-order valence-corrected chi connectivity index (χ2v) is 7.80. The molecular formula is C19H21NO4S. The lowest BCUT2D eigenvalue weighted by Crippen LogP contribution is -2.38. The fourth-order valence-corrected chi connectivity index (χ4v) is 5.10. The van der Waals surface area contributed by atoms with E-state index in [1.165, 1.54) is 28.7 Å². The lowest BCUT2D eigenvalue weighted by molar-refractivity contribution is -0.139. The Hall–Kier alpha value is -2.05. The van der Waals surface area contributed by atoms with E-state index in [4.69, 9.17) is 9.47 Å². The molecule has 2 aliphatic heterocycles. The van der Waals surface area contributed by atoms with Crippen LogP contribution in [0.5, 0.6) is 11.5 Å². The minimum atomic E-state index is -0.196. The quantitative estimate of drug-likeness (QED) is 0.854. The first-order valence-corrected chi connectivity index (χ1v) is 9.21. The first-order valence-electron chi connectivity index (χ1n) is 8.40. The molecule has 0 spiro atoms. The van der Waals surface area contributed by atoms with Crippen LogP contribution in [0, 0.1) is 0 Å². The average Bonchev–Trinajstić information content (AvgIpc) is 3.00. The van der Waals surface area contributed by atoms with Crippen LogP contribution in [0.1, 0.15) is 32.5 Å². The summed E-state index contributed by atoms with van der Waals surface area (Å²) in [7, 11) is 3.01. The second kappa shape index (κ2) is 6.35. The van der Waals surface area contributed by atoms with Crippen LogP contribution in [0.25, 0.3) is 0 Å². The number of aromatic hydroxyl groups is 1. The Labute approximate surface area is 150 Å². The summed E-state index contributed by atoms with van der Waals surface area (Å²) in [6.45, 7) is 1.89. The third-order valence-corrected chi connectivity index (χ3v) is 6.35. The van der Waals surface area contributed by atoms with Crippen LogP contribution in [0.2, 0.25) is 0 Å². The number of methoxy groups -OCH3 is 2. The molecule has 0 saturated carbocycles. The van der Waals surface area contributed by atoms with Crippen molar-refractivity contribution in [1.29, 1.82) is 0 Å². The molecule has 0 fully saturated rings. The van der Waals surface area contributed by atoms with Gasteiger partial charge in [-0.3, -0.25) is 9.69 Å². The third kappa shape index (κ3) is 2.89. The van der Waals surface area contributed by atoms with Crippen LogP contribution in [0.15, 0.2) is 18.2 Å². The Bertz CT molecular complexity index is 829. The highest BCUT2D eigenvalue weighted by molar-refractivity contribution is 7.12. The van der Waals surface area contributed by atoms with Gasteiger partial charge in [-0.15, -0.1) is 11.3 Å². The molecule has 0 aliphatic carbocycles. The van der Waals surface area contributed by atoms with Crippen molar-refractivity contribution in [2.24, 2.45) is 0 Å². The van der Waals surface area contributed by atoms with E-state index in [1.807, 2.05) is 12.1 Å². The lowest BCUT2D eigenvalue weighted by Gasteiger charge is -2.40. The number of phenols is 1. The molecule has 5 nitrogen and oxygen atoms in total. The van der Waals surface area contributed by atoms with Crippen LogP contribution >= 0.6 is 11.3 Å². The van der Waals surface area contributed by atoms with E-state index in [-0.39, 0.29) is 17.8 Å². The summed E-state index contributed by atoms with van der Waals surface area (Å²) in [6.07, 6.45) is 2.21. The van der Waals surface area contributed by atoms with Gasteiger partial charge in [-0.2, -0.15) is 0 Å². The molecule has 4 rings (SSSR count). The molecular weight excluding hydrogens is 338 g/mol. The normalized spacial score (nSPS) is 18.9. The van der Waals surface area contributed by atoms with E-state index in [9.17, 15) is 9.90 Å². The Balaban J connectivity index is 1.64. The molecule has 132 valence electrons. The molecule has 0 bridgehead atoms.